The van der Waals surface area contributed by atoms with Crippen LogP contribution < -0.4 is 9.47 Å². The Bertz CT molecular complexity index is 1000. The summed E-state index contributed by atoms with van der Waals surface area (Å²) in [5.74, 6) is 0.00299. The maximum atomic E-state index is 13.9. The van der Waals surface area contributed by atoms with Gasteiger partial charge in [-0.25, -0.2) is 9.18 Å². The van der Waals surface area contributed by atoms with Gasteiger partial charge in [-0.05, 0) is 92.0 Å². The zero-order valence-corrected chi connectivity index (χ0v) is 20.7. The molecular weight excluding hydrogens is 472 g/mol. The molecular formula is C29H34F4O3. The smallest absolute Gasteiger partial charge is 0.423 e. The SMILES string of the molecule is CCCC1CCC(C2CCC(c3ccc(C(=O)Oc4ccc(OC(F)(F)F)c(F)c4)cc3)CC2)CC1. The third kappa shape index (κ3) is 7.01. The Hall–Kier alpha value is -2.57. The molecule has 0 spiro atoms. The van der Waals surface area contributed by atoms with Crippen LogP contribution in [-0.2, 0) is 0 Å². The average Bonchev–Trinajstić information content (AvgIpc) is 2.86. The minimum Gasteiger partial charge on any atom is -0.423 e. The van der Waals surface area contributed by atoms with Crippen molar-refractivity contribution in [1.29, 1.82) is 0 Å². The number of halogens is 4. The second-order valence-electron chi connectivity index (χ2n) is 10.3. The zero-order valence-electron chi connectivity index (χ0n) is 20.7. The van der Waals surface area contributed by atoms with Gasteiger partial charge < -0.3 is 9.47 Å². The molecule has 0 amide bonds. The van der Waals surface area contributed by atoms with Crippen molar-refractivity contribution in [3.8, 4) is 11.5 Å². The molecule has 2 aromatic rings. The fraction of sp³-hybridized carbons (Fsp3) is 0.552. The summed E-state index contributed by atoms with van der Waals surface area (Å²) in [6.07, 6.45) is 8.08. The van der Waals surface area contributed by atoms with Gasteiger partial charge in [0.2, 0.25) is 0 Å². The number of carbonyl (C=O) groups is 1. The van der Waals surface area contributed by atoms with Crippen LogP contribution in [0.4, 0.5) is 17.6 Å². The first-order chi connectivity index (χ1) is 17.2. The Morgan fingerprint density at radius 2 is 1.50 bits per heavy atom. The van der Waals surface area contributed by atoms with Gasteiger partial charge in [0.05, 0.1) is 5.56 Å². The molecule has 0 aliphatic heterocycles. The van der Waals surface area contributed by atoms with Crippen molar-refractivity contribution in [3.05, 3.63) is 59.4 Å². The molecule has 0 N–H and O–H groups in total. The lowest BCUT2D eigenvalue weighted by atomic mass is 9.68. The van der Waals surface area contributed by atoms with Crippen LogP contribution >= 0.6 is 0 Å². The van der Waals surface area contributed by atoms with Gasteiger partial charge in [0.1, 0.15) is 5.75 Å². The highest BCUT2D eigenvalue weighted by Gasteiger charge is 2.33. The van der Waals surface area contributed by atoms with Crippen LogP contribution in [0.3, 0.4) is 0 Å². The zero-order chi connectivity index (χ0) is 25.7. The molecule has 2 aliphatic rings. The van der Waals surface area contributed by atoms with E-state index in [2.05, 4.69) is 11.7 Å². The largest absolute Gasteiger partial charge is 0.573 e. The van der Waals surface area contributed by atoms with Gasteiger partial charge >= 0.3 is 12.3 Å². The third-order valence-electron chi connectivity index (χ3n) is 7.98. The Balaban J connectivity index is 1.27. The summed E-state index contributed by atoms with van der Waals surface area (Å²) in [7, 11) is 0. The van der Waals surface area contributed by atoms with Gasteiger partial charge in [-0.2, -0.15) is 0 Å². The molecule has 2 aromatic carbocycles. The molecule has 2 aliphatic carbocycles. The van der Waals surface area contributed by atoms with Crippen molar-refractivity contribution >= 4 is 5.97 Å². The molecule has 0 radical (unpaired) electrons. The number of carbonyl (C=O) groups excluding carboxylic acids is 1. The van der Waals surface area contributed by atoms with E-state index in [0.29, 0.717) is 17.5 Å². The number of alkyl halides is 3. The summed E-state index contributed by atoms with van der Waals surface area (Å²) in [5, 5.41) is 0. The normalized spacial score (nSPS) is 24.8. The highest BCUT2D eigenvalue weighted by molar-refractivity contribution is 5.91. The van der Waals surface area contributed by atoms with E-state index in [4.69, 9.17) is 4.74 Å². The van der Waals surface area contributed by atoms with E-state index in [0.717, 1.165) is 42.7 Å². The highest BCUT2D eigenvalue weighted by atomic mass is 19.4. The summed E-state index contributed by atoms with van der Waals surface area (Å²) in [6.45, 7) is 2.28. The second-order valence-corrected chi connectivity index (χ2v) is 10.3. The lowest BCUT2D eigenvalue weighted by Gasteiger charge is -2.38. The Morgan fingerprint density at radius 3 is 2.06 bits per heavy atom. The van der Waals surface area contributed by atoms with Gasteiger partial charge in [-0.1, -0.05) is 44.7 Å². The molecule has 4 rings (SSSR count). The highest BCUT2D eigenvalue weighted by Crippen LogP contribution is 2.44. The summed E-state index contributed by atoms with van der Waals surface area (Å²) in [5.41, 5.74) is 1.50. The first-order valence-electron chi connectivity index (χ1n) is 13.1. The predicted octanol–water partition coefficient (Wildman–Crippen LogP) is 8.82. The van der Waals surface area contributed by atoms with E-state index in [1.807, 2.05) is 12.1 Å². The van der Waals surface area contributed by atoms with Gasteiger partial charge in [0.15, 0.2) is 11.6 Å². The first kappa shape index (κ1) is 26.5. The number of esters is 1. The molecule has 3 nitrogen and oxygen atoms in total. The van der Waals surface area contributed by atoms with E-state index >= 15 is 0 Å². The average molecular weight is 507 g/mol. The molecule has 196 valence electrons. The molecule has 0 bridgehead atoms. The number of rotatable bonds is 7. The molecule has 0 heterocycles. The fourth-order valence-corrected chi connectivity index (χ4v) is 6.09. The van der Waals surface area contributed by atoms with E-state index in [1.165, 1.54) is 56.9 Å². The molecule has 0 aromatic heterocycles. The van der Waals surface area contributed by atoms with Crippen molar-refractivity contribution in [1.82, 2.24) is 0 Å². The molecule has 2 fully saturated rings. The molecule has 0 saturated heterocycles. The van der Waals surface area contributed by atoms with Crippen LogP contribution in [-0.4, -0.2) is 12.3 Å². The quantitative estimate of drug-likeness (QED) is 0.214. The number of ether oxygens (including phenoxy) is 2. The topological polar surface area (TPSA) is 35.5 Å². The Kier molecular flexibility index (Phi) is 8.58. The second kappa shape index (κ2) is 11.7. The van der Waals surface area contributed by atoms with Gasteiger partial charge in [-0.15, -0.1) is 13.2 Å². The standard InChI is InChI=1S/C29H34F4O3/c1-2-3-19-4-6-20(7-5-19)21-8-10-22(11-9-21)23-12-14-24(15-13-23)28(34)35-25-16-17-27(26(30)18-25)36-29(31,32)33/h12-22H,2-11H2,1H3. The Morgan fingerprint density at radius 1 is 0.889 bits per heavy atom. The maximum absolute atomic E-state index is 13.9. The molecule has 7 heteroatoms. The molecule has 0 atom stereocenters. The van der Waals surface area contributed by atoms with E-state index in [9.17, 15) is 22.4 Å². The fourth-order valence-electron chi connectivity index (χ4n) is 6.09. The molecule has 36 heavy (non-hydrogen) atoms. The van der Waals surface area contributed by atoms with E-state index < -0.39 is 23.9 Å². The summed E-state index contributed by atoms with van der Waals surface area (Å²) < 4.78 is 59.5. The van der Waals surface area contributed by atoms with Crippen molar-refractivity contribution in [2.75, 3.05) is 0 Å². The van der Waals surface area contributed by atoms with Gasteiger partial charge in [-0.3, -0.25) is 0 Å². The molecule has 0 unspecified atom stereocenters. The summed E-state index contributed by atoms with van der Waals surface area (Å²) in [6, 6.07) is 9.80. The monoisotopic (exact) mass is 506 g/mol. The van der Waals surface area contributed by atoms with E-state index in [-0.39, 0.29) is 5.75 Å². The summed E-state index contributed by atoms with van der Waals surface area (Å²) in [4.78, 5) is 12.5. The first-order valence-corrected chi connectivity index (χ1v) is 13.1. The van der Waals surface area contributed by atoms with Crippen LogP contribution in [0.2, 0.25) is 0 Å². The summed E-state index contributed by atoms with van der Waals surface area (Å²) >= 11 is 0. The van der Waals surface area contributed by atoms with Crippen molar-refractivity contribution < 1.29 is 31.8 Å². The third-order valence-corrected chi connectivity index (χ3v) is 7.98. The maximum Gasteiger partial charge on any atom is 0.573 e. The van der Waals surface area contributed by atoms with Crippen molar-refractivity contribution in [2.45, 2.75) is 83.4 Å². The van der Waals surface area contributed by atoms with Gasteiger partial charge in [0.25, 0.3) is 0 Å². The molecule has 2 saturated carbocycles. The van der Waals surface area contributed by atoms with Crippen LogP contribution in [0.5, 0.6) is 11.5 Å². The van der Waals surface area contributed by atoms with Crippen LogP contribution in [0, 0.1) is 23.6 Å². The van der Waals surface area contributed by atoms with Crippen molar-refractivity contribution in [3.63, 3.8) is 0 Å². The van der Waals surface area contributed by atoms with Crippen LogP contribution in [0.25, 0.3) is 0 Å². The minimum absolute atomic E-state index is 0.196. The van der Waals surface area contributed by atoms with Crippen LogP contribution in [0.15, 0.2) is 42.5 Å². The lowest BCUT2D eigenvalue weighted by Crippen LogP contribution is -2.25. The lowest BCUT2D eigenvalue weighted by molar-refractivity contribution is -0.275. The predicted molar refractivity (Wildman–Crippen MR) is 130 cm³/mol. The number of hydrogen-bond donors (Lipinski definition) is 0. The number of benzene rings is 2. The van der Waals surface area contributed by atoms with Gasteiger partial charge in [0, 0.05) is 6.07 Å². The Labute approximate surface area is 210 Å². The minimum atomic E-state index is -5.01. The van der Waals surface area contributed by atoms with Crippen molar-refractivity contribution in [2.24, 2.45) is 17.8 Å². The van der Waals surface area contributed by atoms with Crippen LogP contribution in [0.1, 0.15) is 93.0 Å². The van der Waals surface area contributed by atoms with E-state index in [1.54, 1.807) is 12.1 Å². The number of hydrogen-bond acceptors (Lipinski definition) is 3.